The highest BCUT2D eigenvalue weighted by atomic mass is 35.5. The monoisotopic (exact) mass is 351 g/mol. The third-order valence-corrected chi connectivity index (χ3v) is 5.09. The maximum Gasteiger partial charge on any atom is 0.264 e. The molecule has 1 aliphatic rings. The molecule has 3 heterocycles. The Balaban J connectivity index is 0.00000192. The van der Waals surface area contributed by atoms with Crippen LogP contribution in [-0.4, -0.2) is 35.4 Å². The highest BCUT2D eigenvalue weighted by molar-refractivity contribution is 7.12. The van der Waals surface area contributed by atoms with Crippen molar-refractivity contribution in [3.8, 4) is 0 Å². The van der Waals surface area contributed by atoms with Crippen LogP contribution in [0, 0.1) is 12.8 Å². The zero-order valence-corrected chi connectivity index (χ0v) is 14.8. The van der Waals surface area contributed by atoms with Crippen molar-refractivity contribution in [2.45, 2.75) is 19.9 Å². The van der Waals surface area contributed by atoms with Gasteiger partial charge in [0, 0.05) is 25.5 Å². The molecular formula is C17H22ClN3OS. The van der Waals surface area contributed by atoms with Gasteiger partial charge in [-0.3, -0.25) is 9.78 Å². The predicted octanol–water partition coefficient (Wildman–Crippen LogP) is 3.13. The molecule has 1 atom stereocenters. The molecule has 0 aromatic carbocycles. The summed E-state index contributed by atoms with van der Waals surface area (Å²) in [4.78, 5) is 19.9. The molecule has 2 aromatic rings. The van der Waals surface area contributed by atoms with Crippen molar-refractivity contribution in [2.24, 2.45) is 5.92 Å². The Labute approximate surface area is 147 Å². The number of halogens is 1. The predicted molar refractivity (Wildman–Crippen MR) is 96.3 cm³/mol. The number of carbonyl (C=O) groups is 1. The van der Waals surface area contributed by atoms with Crippen molar-refractivity contribution in [1.82, 2.24) is 15.2 Å². The zero-order chi connectivity index (χ0) is 15.4. The van der Waals surface area contributed by atoms with Gasteiger partial charge in [-0.2, -0.15) is 0 Å². The van der Waals surface area contributed by atoms with E-state index in [1.807, 2.05) is 41.6 Å². The van der Waals surface area contributed by atoms with E-state index in [4.69, 9.17) is 0 Å². The van der Waals surface area contributed by atoms with E-state index in [-0.39, 0.29) is 18.3 Å². The lowest BCUT2D eigenvalue weighted by atomic mass is 10.1. The van der Waals surface area contributed by atoms with E-state index >= 15 is 0 Å². The number of nitrogens with zero attached hydrogens (tertiary/aromatic N) is 2. The van der Waals surface area contributed by atoms with Crippen LogP contribution in [0.4, 0.5) is 0 Å². The summed E-state index contributed by atoms with van der Waals surface area (Å²) < 4.78 is 0. The van der Waals surface area contributed by atoms with Gasteiger partial charge in [-0.1, -0.05) is 6.07 Å². The molecule has 124 valence electrons. The van der Waals surface area contributed by atoms with Crippen LogP contribution >= 0.6 is 23.7 Å². The lowest BCUT2D eigenvalue weighted by Crippen LogP contribution is -2.35. The molecule has 6 heteroatoms. The maximum absolute atomic E-state index is 12.9. The van der Waals surface area contributed by atoms with Gasteiger partial charge in [-0.25, -0.2) is 0 Å². The second-order valence-electron chi connectivity index (χ2n) is 5.84. The Morgan fingerprint density at radius 2 is 2.35 bits per heavy atom. The summed E-state index contributed by atoms with van der Waals surface area (Å²) in [6.45, 7) is 5.49. The molecular weight excluding hydrogens is 330 g/mol. The van der Waals surface area contributed by atoms with Gasteiger partial charge in [0.1, 0.15) is 0 Å². The number of amides is 1. The minimum absolute atomic E-state index is 0. The van der Waals surface area contributed by atoms with Gasteiger partial charge in [-0.15, -0.1) is 23.7 Å². The number of thiophene rings is 1. The molecule has 3 rings (SSSR count). The molecule has 0 radical (unpaired) electrons. The van der Waals surface area contributed by atoms with Crippen LogP contribution in [0.2, 0.25) is 0 Å². The van der Waals surface area contributed by atoms with Crippen LogP contribution < -0.4 is 5.32 Å². The number of hydrogen-bond donors (Lipinski definition) is 1. The maximum atomic E-state index is 12.9. The van der Waals surface area contributed by atoms with E-state index in [9.17, 15) is 4.79 Å². The second-order valence-corrected chi connectivity index (χ2v) is 6.75. The molecule has 0 saturated carbocycles. The molecule has 1 amide bonds. The highest BCUT2D eigenvalue weighted by Gasteiger charge is 2.24. The number of carbonyl (C=O) groups excluding carboxylic acids is 1. The Morgan fingerprint density at radius 3 is 2.96 bits per heavy atom. The van der Waals surface area contributed by atoms with E-state index < -0.39 is 0 Å². The molecule has 0 aliphatic carbocycles. The van der Waals surface area contributed by atoms with E-state index in [1.165, 1.54) is 11.3 Å². The van der Waals surface area contributed by atoms with Crippen molar-refractivity contribution in [3.63, 3.8) is 0 Å². The average molecular weight is 352 g/mol. The van der Waals surface area contributed by atoms with Crippen LogP contribution in [0.5, 0.6) is 0 Å². The van der Waals surface area contributed by atoms with Crippen molar-refractivity contribution < 1.29 is 4.79 Å². The first-order valence-corrected chi connectivity index (χ1v) is 8.55. The quantitative estimate of drug-likeness (QED) is 0.900. The summed E-state index contributed by atoms with van der Waals surface area (Å²) in [5.74, 6) is 0.684. The Morgan fingerprint density at radius 1 is 1.48 bits per heavy atom. The van der Waals surface area contributed by atoms with Gasteiger partial charge >= 0.3 is 0 Å². The molecule has 1 aliphatic heterocycles. The molecule has 4 nitrogen and oxygen atoms in total. The Hall–Kier alpha value is -1.43. The van der Waals surface area contributed by atoms with E-state index in [0.717, 1.165) is 42.1 Å². The molecule has 0 bridgehead atoms. The third-order valence-electron chi connectivity index (χ3n) is 4.08. The average Bonchev–Trinajstić information content (AvgIpc) is 3.18. The number of pyridine rings is 1. The fourth-order valence-corrected chi connectivity index (χ4v) is 3.74. The van der Waals surface area contributed by atoms with Crippen LogP contribution in [0.15, 0.2) is 36.0 Å². The van der Waals surface area contributed by atoms with Crippen molar-refractivity contribution in [1.29, 1.82) is 0 Å². The largest absolute Gasteiger partial charge is 0.333 e. The minimum Gasteiger partial charge on any atom is -0.333 e. The van der Waals surface area contributed by atoms with Gasteiger partial charge < -0.3 is 10.2 Å². The lowest BCUT2D eigenvalue weighted by molar-refractivity contribution is 0.0723. The smallest absolute Gasteiger partial charge is 0.264 e. The SMILES string of the molecule is Cc1ccsc1C(=O)N(Cc1cccnc1)CC1CCNC1.Cl. The van der Waals surface area contributed by atoms with Crippen LogP contribution in [0.1, 0.15) is 27.2 Å². The fraction of sp³-hybridized carbons (Fsp3) is 0.412. The van der Waals surface area contributed by atoms with Crippen molar-refractivity contribution in [2.75, 3.05) is 19.6 Å². The number of aromatic nitrogens is 1. The molecule has 1 N–H and O–H groups in total. The Bertz CT molecular complexity index is 626. The summed E-state index contributed by atoms with van der Waals surface area (Å²) in [6.07, 6.45) is 4.74. The van der Waals surface area contributed by atoms with E-state index in [2.05, 4.69) is 10.3 Å². The number of aryl methyl sites for hydroxylation is 1. The summed E-state index contributed by atoms with van der Waals surface area (Å²) >= 11 is 1.53. The van der Waals surface area contributed by atoms with Crippen LogP contribution in [0.25, 0.3) is 0 Å². The molecule has 0 spiro atoms. The number of nitrogens with one attached hydrogen (secondary N) is 1. The van der Waals surface area contributed by atoms with E-state index in [1.54, 1.807) is 6.20 Å². The standard InChI is InChI=1S/C17H21N3OS.ClH/c1-13-5-8-22-16(13)17(21)20(12-15-4-7-19-10-15)11-14-3-2-6-18-9-14;/h2-3,5-6,8-9,15,19H,4,7,10-12H2,1H3;1H. The van der Waals surface area contributed by atoms with Gasteiger partial charge in [0.2, 0.25) is 0 Å². The van der Waals surface area contributed by atoms with Crippen LogP contribution in [0.3, 0.4) is 0 Å². The van der Waals surface area contributed by atoms with Gasteiger partial charge in [0.05, 0.1) is 4.88 Å². The number of hydrogen-bond acceptors (Lipinski definition) is 4. The summed E-state index contributed by atoms with van der Waals surface area (Å²) in [6, 6.07) is 5.96. The normalized spacial score (nSPS) is 16.8. The summed E-state index contributed by atoms with van der Waals surface area (Å²) in [5, 5.41) is 5.37. The van der Waals surface area contributed by atoms with E-state index in [0.29, 0.717) is 12.5 Å². The molecule has 2 aromatic heterocycles. The first-order chi connectivity index (χ1) is 10.7. The summed E-state index contributed by atoms with van der Waals surface area (Å²) in [7, 11) is 0. The fourth-order valence-electron chi connectivity index (χ4n) is 2.85. The molecule has 1 saturated heterocycles. The third kappa shape index (κ3) is 4.53. The molecule has 1 fully saturated rings. The summed E-state index contributed by atoms with van der Waals surface area (Å²) in [5.41, 5.74) is 2.15. The van der Waals surface area contributed by atoms with Crippen molar-refractivity contribution in [3.05, 3.63) is 52.0 Å². The molecule has 23 heavy (non-hydrogen) atoms. The first kappa shape index (κ1) is 17.9. The lowest BCUT2D eigenvalue weighted by Gasteiger charge is -2.25. The molecule has 1 unspecified atom stereocenters. The number of rotatable bonds is 5. The topological polar surface area (TPSA) is 45.2 Å². The minimum atomic E-state index is 0. The second kappa shape index (κ2) is 8.43. The van der Waals surface area contributed by atoms with Crippen molar-refractivity contribution >= 4 is 29.7 Å². The van der Waals surface area contributed by atoms with Gasteiger partial charge in [-0.05, 0) is 61.0 Å². The van der Waals surface area contributed by atoms with Gasteiger partial charge in [0.25, 0.3) is 5.91 Å². The highest BCUT2D eigenvalue weighted by Crippen LogP contribution is 2.21. The Kier molecular flexibility index (Phi) is 6.57. The first-order valence-electron chi connectivity index (χ1n) is 7.67. The van der Waals surface area contributed by atoms with Crippen LogP contribution in [-0.2, 0) is 6.54 Å². The van der Waals surface area contributed by atoms with Gasteiger partial charge in [0.15, 0.2) is 0 Å². The zero-order valence-electron chi connectivity index (χ0n) is 13.2.